The standard InChI is InChI=1S/C19H30F2N2O7S/c1-17(2,3)29-15(24)23(16(25)30-18(4,5)6)19(9-11(19)13(20)21)12-14(28-12)22-31(26,27)10-7-8-10/h10-14,22H,7-9H2,1-6H3/t11-,12?,14?,19+/m0/s1. The lowest BCUT2D eigenvalue weighted by molar-refractivity contribution is -0.0204. The Bertz CT molecular complexity index is 820. The molecule has 0 radical (unpaired) electrons. The fourth-order valence-electron chi connectivity index (χ4n) is 3.56. The van der Waals surface area contributed by atoms with Crippen LogP contribution in [0.25, 0.3) is 0 Å². The molecule has 2 amide bonds. The van der Waals surface area contributed by atoms with Gasteiger partial charge in [0.15, 0.2) is 0 Å². The fourth-order valence-corrected chi connectivity index (χ4v) is 5.01. The lowest BCUT2D eigenvalue weighted by atomic mass is 10.1. The number of hydrogen-bond acceptors (Lipinski definition) is 7. The Morgan fingerprint density at radius 1 is 1.06 bits per heavy atom. The number of imide groups is 1. The molecule has 0 aromatic heterocycles. The van der Waals surface area contributed by atoms with Gasteiger partial charge in [0, 0.05) is 5.92 Å². The monoisotopic (exact) mass is 468 g/mol. The third kappa shape index (κ3) is 5.28. The number of nitrogens with one attached hydrogen (secondary N) is 1. The second-order valence-electron chi connectivity index (χ2n) is 10.3. The topological polar surface area (TPSA) is 115 Å². The first-order valence-corrected chi connectivity index (χ1v) is 11.7. The molecule has 3 rings (SSSR count). The van der Waals surface area contributed by atoms with E-state index >= 15 is 0 Å². The van der Waals surface area contributed by atoms with Crippen LogP contribution >= 0.6 is 0 Å². The van der Waals surface area contributed by atoms with E-state index in [1.165, 1.54) is 0 Å². The summed E-state index contributed by atoms with van der Waals surface area (Å²) >= 11 is 0. The molecular weight excluding hydrogens is 438 g/mol. The van der Waals surface area contributed by atoms with Crippen LogP contribution in [-0.2, 0) is 24.2 Å². The van der Waals surface area contributed by atoms with Gasteiger partial charge in [-0.1, -0.05) is 0 Å². The molecule has 0 aromatic rings. The van der Waals surface area contributed by atoms with Crippen LogP contribution in [0, 0.1) is 5.92 Å². The summed E-state index contributed by atoms with van der Waals surface area (Å²) in [6, 6.07) is 0. The van der Waals surface area contributed by atoms with Crippen molar-refractivity contribution in [1.29, 1.82) is 0 Å². The van der Waals surface area contributed by atoms with Crippen LogP contribution in [0.1, 0.15) is 60.8 Å². The molecule has 178 valence electrons. The fraction of sp³-hybridized carbons (Fsp3) is 0.895. The van der Waals surface area contributed by atoms with Crippen molar-refractivity contribution in [3.63, 3.8) is 0 Å². The molecule has 2 aliphatic carbocycles. The van der Waals surface area contributed by atoms with E-state index < -0.39 is 68.9 Å². The maximum absolute atomic E-state index is 13.7. The third-order valence-corrected chi connectivity index (χ3v) is 7.04. The van der Waals surface area contributed by atoms with Gasteiger partial charge in [0.25, 0.3) is 0 Å². The maximum atomic E-state index is 13.7. The molecule has 9 nitrogen and oxygen atoms in total. The van der Waals surface area contributed by atoms with Gasteiger partial charge in [0.2, 0.25) is 16.4 Å². The van der Waals surface area contributed by atoms with Crippen molar-refractivity contribution in [2.45, 2.75) is 102 Å². The first-order valence-electron chi connectivity index (χ1n) is 10.2. The number of rotatable bonds is 6. The zero-order chi connectivity index (χ0) is 23.6. The molecule has 0 spiro atoms. The summed E-state index contributed by atoms with van der Waals surface area (Å²) in [7, 11) is -3.66. The Kier molecular flexibility index (Phi) is 5.85. The third-order valence-electron chi connectivity index (χ3n) is 5.13. The summed E-state index contributed by atoms with van der Waals surface area (Å²) < 4.78 is 70.3. The van der Waals surface area contributed by atoms with Gasteiger partial charge in [-0.15, -0.1) is 0 Å². The zero-order valence-electron chi connectivity index (χ0n) is 18.5. The summed E-state index contributed by atoms with van der Waals surface area (Å²) in [6.07, 6.45) is -6.62. The molecule has 0 bridgehead atoms. The van der Waals surface area contributed by atoms with Crippen LogP contribution < -0.4 is 4.72 Å². The molecule has 3 aliphatic rings. The number of amides is 2. The van der Waals surface area contributed by atoms with Gasteiger partial charge < -0.3 is 14.2 Å². The predicted octanol–water partition coefficient (Wildman–Crippen LogP) is 2.99. The molecule has 1 aliphatic heterocycles. The number of carbonyl (C=O) groups excluding carboxylic acids is 2. The molecule has 3 fully saturated rings. The number of epoxide rings is 1. The summed E-state index contributed by atoms with van der Waals surface area (Å²) in [5.41, 5.74) is -3.79. The maximum Gasteiger partial charge on any atom is 0.420 e. The van der Waals surface area contributed by atoms with Crippen molar-refractivity contribution in [3.05, 3.63) is 0 Å². The molecule has 1 saturated heterocycles. The van der Waals surface area contributed by atoms with Crippen LogP contribution in [0.4, 0.5) is 18.4 Å². The number of carbonyl (C=O) groups is 2. The van der Waals surface area contributed by atoms with Crippen LogP contribution in [0.2, 0.25) is 0 Å². The normalized spacial score (nSPS) is 30.7. The van der Waals surface area contributed by atoms with E-state index in [1.807, 2.05) is 0 Å². The molecule has 4 atom stereocenters. The Hall–Kier alpha value is -1.53. The molecule has 2 saturated carbocycles. The highest BCUT2D eigenvalue weighted by Gasteiger charge is 2.77. The molecule has 1 N–H and O–H groups in total. The summed E-state index contributed by atoms with van der Waals surface area (Å²) in [5.74, 6) is -1.40. The molecule has 1 heterocycles. The number of halogens is 2. The predicted molar refractivity (Wildman–Crippen MR) is 105 cm³/mol. The first-order chi connectivity index (χ1) is 14.0. The van der Waals surface area contributed by atoms with E-state index in [-0.39, 0.29) is 6.42 Å². The lowest BCUT2D eigenvalue weighted by Gasteiger charge is -2.33. The van der Waals surface area contributed by atoms with Gasteiger partial charge in [0.1, 0.15) is 23.5 Å². The summed E-state index contributed by atoms with van der Waals surface area (Å²) in [5, 5.41) is -0.536. The average molecular weight is 469 g/mol. The van der Waals surface area contributed by atoms with E-state index in [4.69, 9.17) is 14.2 Å². The van der Waals surface area contributed by atoms with Gasteiger partial charge in [-0.05, 0) is 60.8 Å². The van der Waals surface area contributed by atoms with Crippen molar-refractivity contribution in [1.82, 2.24) is 9.62 Å². The van der Waals surface area contributed by atoms with Crippen LogP contribution in [0.15, 0.2) is 0 Å². The van der Waals surface area contributed by atoms with Gasteiger partial charge >= 0.3 is 12.2 Å². The highest BCUT2D eigenvalue weighted by atomic mass is 32.2. The summed E-state index contributed by atoms with van der Waals surface area (Å²) in [6.45, 7) is 9.43. The SMILES string of the molecule is CC(C)(C)OC(=O)N(C(=O)OC(C)(C)C)[C@]1(C2OC2NS(=O)(=O)C2CC2)C[C@H]1C(F)F. The number of sulfonamides is 1. The first kappa shape index (κ1) is 24.1. The van der Waals surface area contributed by atoms with Crippen molar-refractivity contribution in [2.75, 3.05) is 0 Å². The average Bonchev–Trinajstić information content (AvgIpc) is 3.35. The Balaban J connectivity index is 1.90. The second kappa shape index (κ2) is 7.51. The summed E-state index contributed by atoms with van der Waals surface area (Å²) in [4.78, 5) is 26.4. The second-order valence-corrected chi connectivity index (χ2v) is 12.3. The molecule has 2 unspecified atom stereocenters. The minimum absolute atomic E-state index is 0.254. The van der Waals surface area contributed by atoms with E-state index in [1.54, 1.807) is 41.5 Å². The van der Waals surface area contributed by atoms with Crippen LogP contribution in [0.3, 0.4) is 0 Å². The Labute approximate surface area is 180 Å². The largest absolute Gasteiger partial charge is 0.443 e. The highest BCUT2D eigenvalue weighted by molar-refractivity contribution is 7.90. The zero-order valence-corrected chi connectivity index (χ0v) is 19.3. The smallest absolute Gasteiger partial charge is 0.420 e. The molecular formula is C19H30F2N2O7S. The number of ether oxygens (including phenoxy) is 3. The van der Waals surface area contributed by atoms with Crippen molar-refractivity contribution < 1.29 is 41.0 Å². The van der Waals surface area contributed by atoms with Gasteiger partial charge in [-0.3, -0.25) is 0 Å². The Morgan fingerprint density at radius 2 is 1.55 bits per heavy atom. The van der Waals surface area contributed by atoms with Gasteiger partial charge in [-0.25, -0.2) is 31.7 Å². The quantitative estimate of drug-likeness (QED) is 0.596. The molecule has 0 aromatic carbocycles. The number of nitrogens with zero attached hydrogens (tertiary/aromatic N) is 1. The van der Waals surface area contributed by atoms with Crippen LogP contribution in [0.5, 0.6) is 0 Å². The molecule has 12 heteroatoms. The minimum atomic E-state index is -3.66. The van der Waals surface area contributed by atoms with Gasteiger partial charge in [-0.2, -0.15) is 4.72 Å². The van der Waals surface area contributed by atoms with E-state index in [9.17, 15) is 26.8 Å². The van der Waals surface area contributed by atoms with Gasteiger partial charge in [0.05, 0.1) is 10.8 Å². The van der Waals surface area contributed by atoms with E-state index in [0.29, 0.717) is 17.7 Å². The highest BCUT2D eigenvalue weighted by Crippen LogP contribution is 2.60. The number of hydrogen-bond donors (Lipinski definition) is 1. The van der Waals surface area contributed by atoms with Crippen molar-refractivity contribution in [2.24, 2.45) is 5.92 Å². The van der Waals surface area contributed by atoms with Crippen molar-refractivity contribution >= 4 is 22.2 Å². The lowest BCUT2D eigenvalue weighted by Crippen LogP contribution is -2.55. The number of alkyl halides is 2. The Morgan fingerprint density at radius 3 is 1.90 bits per heavy atom. The van der Waals surface area contributed by atoms with E-state index in [2.05, 4.69) is 4.72 Å². The van der Waals surface area contributed by atoms with Crippen molar-refractivity contribution in [3.8, 4) is 0 Å². The molecule has 31 heavy (non-hydrogen) atoms. The van der Waals surface area contributed by atoms with Crippen LogP contribution in [-0.4, -0.2) is 66.3 Å². The van der Waals surface area contributed by atoms with E-state index in [0.717, 1.165) is 0 Å². The minimum Gasteiger partial charge on any atom is -0.443 e.